The van der Waals surface area contributed by atoms with E-state index in [1.165, 1.54) is 4.57 Å². The maximum Gasteiger partial charge on any atom is 0.258 e. The summed E-state index contributed by atoms with van der Waals surface area (Å²) in [6.07, 6.45) is 1.69. The Morgan fingerprint density at radius 2 is 1.79 bits per heavy atom. The molecule has 0 atom stereocenters. The monoisotopic (exact) mass is 380 g/mol. The predicted molar refractivity (Wildman–Crippen MR) is 110 cm³/mol. The molecule has 1 N–H and O–H groups in total. The van der Waals surface area contributed by atoms with Crippen LogP contribution in [0.2, 0.25) is 0 Å². The first kappa shape index (κ1) is 19.5. The highest BCUT2D eigenvalue weighted by molar-refractivity contribution is 5.91. The molecule has 0 saturated carbocycles. The van der Waals surface area contributed by atoms with Crippen LogP contribution in [-0.2, 0) is 11.3 Å². The van der Waals surface area contributed by atoms with E-state index in [0.29, 0.717) is 23.4 Å². The highest BCUT2D eigenvalue weighted by Crippen LogP contribution is 2.19. The number of carbonyl (C=O) groups excluding carboxylic acids is 1. The van der Waals surface area contributed by atoms with Gasteiger partial charge in [-0.3, -0.25) is 9.59 Å². The third kappa shape index (κ3) is 4.71. The van der Waals surface area contributed by atoms with Crippen molar-refractivity contribution >= 4 is 22.4 Å². The van der Waals surface area contributed by atoms with Gasteiger partial charge in [-0.25, -0.2) is 0 Å². The van der Waals surface area contributed by atoms with E-state index in [2.05, 4.69) is 5.32 Å². The number of pyridine rings is 1. The molecule has 1 aromatic heterocycles. The van der Waals surface area contributed by atoms with Gasteiger partial charge >= 0.3 is 0 Å². The van der Waals surface area contributed by atoms with E-state index >= 15 is 0 Å². The van der Waals surface area contributed by atoms with Crippen LogP contribution >= 0.6 is 0 Å². The molecule has 0 bridgehead atoms. The smallest absolute Gasteiger partial charge is 0.258 e. The molecule has 3 aromatic rings. The first-order chi connectivity index (χ1) is 13.5. The van der Waals surface area contributed by atoms with E-state index in [1.807, 2.05) is 32.9 Å². The second kappa shape index (κ2) is 8.61. The molecule has 146 valence electrons. The van der Waals surface area contributed by atoms with E-state index < -0.39 is 0 Å². The number of amides is 1. The fourth-order valence-electron chi connectivity index (χ4n) is 2.89. The minimum Gasteiger partial charge on any atom is -0.494 e. The zero-order valence-electron chi connectivity index (χ0n) is 16.3. The lowest BCUT2D eigenvalue weighted by molar-refractivity contribution is -0.116. The van der Waals surface area contributed by atoms with Crippen LogP contribution in [0.25, 0.3) is 10.8 Å². The van der Waals surface area contributed by atoms with Gasteiger partial charge in [0.05, 0.1) is 12.7 Å². The minimum atomic E-state index is -0.273. The Balaban J connectivity index is 1.73. The number of ether oxygens (including phenoxy) is 2. The Morgan fingerprint density at radius 3 is 2.46 bits per heavy atom. The van der Waals surface area contributed by atoms with Crippen molar-refractivity contribution < 1.29 is 14.3 Å². The van der Waals surface area contributed by atoms with Crippen LogP contribution in [0.1, 0.15) is 20.8 Å². The number of nitrogens with zero attached hydrogens (tertiary/aromatic N) is 1. The zero-order chi connectivity index (χ0) is 20.1. The van der Waals surface area contributed by atoms with E-state index in [1.54, 1.807) is 42.6 Å². The zero-order valence-corrected chi connectivity index (χ0v) is 16.3. The lowest BCUT2D eigenvalue weighted by Gasteiger charge is -2.12. The van der Waals surface area contributed by atoms with Gasteiger partial charge in [0, 0.05) is 17.3 Å². The number of carbonyl (C=O) groups is 1. The molecule has 0 unspecified atom stereocenters. The Bertz CT molecular complexity index is 1020. The van der Waals surface area contributed by atoms with Gasteiger partial charge in [0.15, 0.2) is 0 Å². The van der Waals surface area contributed by atoms with Gasteiger partial charge in [-0.15, -0.1) is 0 Å². The van der Waals surface area contributed by atoms with Gasteiger partial charge in [0.1, 0.15) is 18.0 Å². The summed E-state index contributed by atoms with van der Waals surface area (Å²) < 4.78 is 12.4. The minimum absolute atomic E-state index is 0.0594. The van der Waals surface area contributed by atoms with E-state index in [4.69, 9.17) is 9.47 Å². The third-order valence-corrected chi connectivity index (χ3v) is 4.08. The molecular weight excluding hydrogens is 356 g/mol. The molecule has 1 heterocycles. The third-order valence-electron chi connectivity index (χ3n) is 4.08. The molecule has 0 saturated heterocycles. The number of aromatic nitrogens is 1. The van der Waals surface area contributed by atoms with Crippen LogP contribution < -0.4 is 20.3 Å². The summed E-state index contributed by atoms with van der Waals surface area (Å²) in [4.78, 5) is 25.0. The first-order valence-corrected chi connectivity index (χ1v) is 9.29. The average molecular weight is 380 g/mol. The summed E-state index contributed by atoms with van der Waals surface area (Å²) in [7, 11) is 0. The topological polar surface area (TPSA) is 69.6 Å². The Hall–Kier alpha value is -3.28. The molecule has 3 rings (SSSR count). The largest absolute Gasteiger partial charge is 0.494 e. The van der Waals surface area contributed by atoms with Crippen LogP contribution in [0.4, 0.5) is 5.69 Å². The number of rotatable bonds is 7. The van der Waals surface area contributed by atoms with Crippen molar-refractivity contribution in [3.05, 3.63) is 65.1 Å². The van der Waals surface area contributed by atoms with Crippen LogP contribution in [0.5, 0.6) is 11.5 Å². The van der Waals surface area contributed by atoms with Crippen molar-refractivity contribution in [3.8, 4) is 11.5 Å². The SMILES string of the molecule is CCOc1ccc(NC(=O)Cn2ccc3cc(OC(C)C)ccc3c2=O)cc1. The van der Waals surface area contributed by atoms with Crippen molar-refractivity contribution in [1.82, 2.24) is 4.57 Å². The molecule has 0 aliphatic rings. The molecule has 6 heteroatoms. The average Bonchev–Trinajstić information content (AvgIpc) is 2.65. The summed E-state index contributed by atoms with van der Waals surface area (Å²) >= 11 is 0. The number of hydrogen-bond donors (Lipinski definition) is 1. The van der Waals surface area contributed by atoms with Gasteiger partial charge in [0.25, 0.3) is 5.56 Å². The van der Waals surface area contributed by atoms with Crippen LogP contribution in [0.3, 0.4) is 0 Å². The maximum atomic E-state index is 12.7. The number of anilines is 1. The van der Waals surface area contributed by atoms with E-state index in [9.17, 15) is 9.59 Å². The molecule has 2 aromatic carbocycles. The molecule has 6 nitrogen and oxygen atoms in total. The van der Waals surface area contributed by atoms with Crippen molar-refractivity contribution in [2.75, 3.05) is 11.9 Å². The Morgan fingerprint density at radius 1 is 1.07 bits per heavy atom. The van der Waals surface area contributed by atoms with Crippen LogP contribution in [-0.4, -0.2) is 23.2 Å². The Kier molecular flexibility index (Phi) is 5.99. The summed E-state index contributed by atoms with van der Waals surface area (Å²) in [5, 5.41) is 4.12. The Labute approximate surface area is 163 Å². The van der Waals surface area contributed by atoms with Gasteiger partial charge in [0.2, 0.25) is 5.91 Å². The molecule has 28 heavy (non-hydrogen) atoms. The highest BCUT2D eigenvalue weighted by Gasteiger charge is 2.09. The molecular formula is C22H24N2O4. The molecule has 0 fully saturated rings. The van der Waals surface area contributed by atoms with Crippen molar-refractivity contribution in [2.45, 2.75) is 33.4 Å². The van der Waals surface area contributed by atoms with Crippen LogP contribution in [0.15, 0.2) is 59.5 Å². The maximum absolute atomic E-state index is 12.7. The van der Waals surface area contributed by atoms with E-state index in [-0.39, 0.29) is 24.1 Å². The summed E-state index contributed by atoms with van der Waals surface area (Å²) in [5.74, 6) is 1.19. The van der Waals surface area contributed by atoms with Gasteiger partial charge in [-0.05, 0) is 74.7 Å². The van der Waals surface area contributed by atoms with Crippen molar-refractivity contribution in [2.24, 2.45) is 0 Å². The second-order valence-electron chi connectivity index (χ2n) is 6.67. The second-order valence-corrected chi connectivity index (χ2v) is 6.67. The quantitative estimate of drug-likeness (QED) is 0.676. The fourth-order valence-corrected chi connectivity index (χ4v) is 2.89. The highest BCUT2D eigenvalue weighted by atomic mass is 16.5. The number of nitrogens with one attached hydrogen (secondary N) is 1. The summed E-state index contributed by atoms with van der Waals surface area (Å²) in [5.41, 5.74) is 0.438. The predicted octanol–water partition coefficient (Wildman–Crippen LogP) is 3.83. The number of hydrogen-bond acceptors (Lipinski definition) is 4. The number of benzene rings is 2. The standard InChI is InChI=1S/C22H24N2O4/c1-4-27-18-7-5-17(6-8-18)23-21(25)14-24-12-11-16-13-19(28-15(2)3)9-10-20(16)22(24)26/h5-13,15H,4,14H2,1-3H3,(H,23,25). The summed E-state index contributed by atoms with van der Waals surface area (Å²) in [6.45, 7) is 6.33. The van der Waals surface area contributed by atoms with Crippen LogP contribution in [0, 0.1) is 0 Å². The summed E-state index contributed by atoms with van der Waals surface area (Å²) in [6, 6.07) is 14.3. The molecule has 0 aliphatic carbocycles. The molecule has 0 aliphatic heterocycles. The van der Waals surface area contributed by atoms with Gasteiger partial charge in [-0.1, -0.05) is 0 Å². The normalized spacial score (nSPS) is 10.9. The molecule has 1 amide bonds. The van der Waals surface area contributed by atoms with Crippen molar-refractivity contribution in [3.63, 3.8) is 0 Å². The first-order valence-electron chi connectivity index (χ1n) is 9.29. The molecule has 0 radical (unpaired) electrons. The van der Waals surface area contributed by atoms with Gasteiger partial charge < -0.3 is 19.4 Å². The molecule has 0 spiro atoms. The lowest BCUT2D eigenvalue weighted by Crippen LogP contribution is -2.27. The van der Waals surface area contributed by atoms with Gasteiger partial charge in [-0.2, -0.15) is 0 Å². The van der Waals surface area contributed by atoms with E-state index in [0.717, 1.165) is 11.1 Å². The lowest BCUT2D eigenvalue weighted by atomic mass is 10.1. The fraction of sp³-hybridized carbons (Fsp3) is 0.273. The number of fused-ring (bicyclic) bond motifs is 1. The van der Waals surface area contributed by atoms with Crippen molar-refractivity contribution in [1.29, 1.82) is 0 Å².